The van der Waals surface area contributed by atoms with Crippen LogP contribution in [0.5, 0.6) is 11.5 Å². The van der Waals surface area contributed by atoms with Crippen molar-refractivity contribution in [3.8, 4) is 11.5 Å². The summed E-state index contributed by atoms with van der Waals surface area (Å²) in [5, 5.41) is 1.91. The third kappa shape index (κ3) is 4.46. The van der Waals surface area contributed by atoms with Gasteiger partial charge in [0.25, 0.3) is 0 Å². The molecule has 0 amide bonds. The largest absolute Gasteiger partial charge is 0.497 e. The van der Waals surface area contributed by atoms with Gasteiger partial charge in [0.05, 0.1) is 14.2 Å². The van der Waals surface area contributed by atoms with Crippen molar-refractivity contribution >= 4 is 23.5 Å². The van der Waals surface area contributed by atoms with E-state index in [1.807, 2.05) is 54.6 Å². The third-order valence-electron chi connectivity index (χ3n) is 3.23. The van der Waals surface area contributed by atoms with E-state index < -0.39 is 0 Å². The number of nitrogens with zero attached hydrogens (tertiary/aromatic N) is 1. The molecule has 2 aromatic carbocycles. The van der Waals surface area contributed by atoms with E-state index in [9.17, 15) is 0 Å². The smallest absolute Gasteiger partial charge is 0.119 e. The van der Waals surface area contributed by atoms with E-state index in [-0.39, 0.29) is 0 Å². The van der Waals surface area contributed by atoms with Crippen molar-refractivity contribution in [3.05, 3.63) is 66.7 Å². The molecule has 0 bridgehead atoms. The predicted octanol–water partition coefficient (Wildman–Crippen LogP) is 5.40. The summed E-state index contributed by atoms with van der Waals surface area (Å²) in [6.45, 7) is 0. The van der Waals surface area contributed by atoms with Gasteiger partial charge < -0.3 is 9.47 Å². The fourth-order valence-corrected chi connectivity index (χ4v) is 3.85. The van der Waals surface area contributed by atoms with E-state index in [4.69, 9.17) is 14.5 Å². The number of ether oxygens (including phenoxy) is 2. The molecule has 0 saturated carbocycles. The van der Waals surface area contributed by atoms with Crippen molar-refractivity contribution in [2.24, 2.45) is 0 Å². The van der Waals surface area contributed by atoms with Gasteiger partial charge in [-0.25, -0.2) is 4.98 Å². The fraction of sp³-hybridized carbons (Fsp3) is 0.105. The van der Waals surface area contributed by atoms with Gasteiger partial charge in [-0.2, -0.15) is 0 Å². The van der Waals surface area contributed by atoms with Gasteiger partial charge in [0, 0.05) is 9.79 Å². The molecule has 0 aliphatic heterocycles. The fourth-order valence-electron chi connectivity index (χ4n) is 2.08. The number of methoxy groups -OCH3 is 2. The molecule has 24 heavy (non-hydrogen) atoms. The molecule has 1 aromatic heterocycles. The number of hydrogen-bond donors (Lipinski definition) is 0. The Labute approximate surface area is 150 Å². The molecule has 0 spiro atoms. The van der Waals surface area contributed by atoms with Crippen molar-refractivity contribution in [2.45, 2.75) is 19.8 Å². The summed E-state index contributed by atoms with van der Waals surface area (Å²) in [5.41, 5.74) is 0. The standard InChI is InChI=1S/C19H17NO2S2/c1-21-14-6-3-8-16(12-14)23-18-10-5-11-19(20-18)24-17-9-4-7-15(13-17)22-2/h3-13H,1-2H3. The Balaban J connectivity index is 1.76. The number of aromatic nitrogens is 1. The second kappa shape index (κ2) is 8.13. The van der Waals surface area contributed by atoms with E-state index in [1.165, 1.54) is 0 Å². The Morgan fingerprint density at radius 3 is 1.58 bits per heavy atom. The minimum absolute atomic E-state index is 0.849. The number of pyridine rings is 1. The van der Waals surface area contributed by atoms with Crippen LogP contribution in [0.3, 0.4) is 0 Å². The highest BCUT2D eigenvalue weighted by Gasteiger charge is 2.04. The van der Waals surface area contributed by atoms with E-state index >= 15 is 0 Å². The lowest BCUT2D eigenvalue weighted by Gasteiger charge is -2.06. The van der Waals surface area contributed by atoms with Crippen LogP contribution in [-0.2, 0) is 0 Å². The van der Waals surface area contributed by atoms with Crippen LogP contribution in [0.2, 0.25) is 0 Å². The molecule has 0 aliphatic rings. The number of benzene rings is 2. The first kappa shape index (κ1) is 16.7. The molecule has 0 N–H and O–H groups in total. The zero-order valence-electron chi connectivity index (χ0n) is 13.4. The molecular formula is C19H17NO2S2. The second-order valence-electron chi connectivity index (χ2n) is 4.88. The first-order chi connectivity index (χ1) is 11.8. The summed E-state index contributed by atoms with van der Waals surface area (Å²) in [7, 11) is 3.35. The van der Waals surface area contributed by atoms with Crippen LogP contribution in [0.4, 0.5) is 0 Å². The van der Waals surface area contributed by atoms with Gasteiger partial charge in [0.2, 0.25) is 0 Å². The van der Waals surface area contributed by atoms with Crippen LogP contribution in [0.15, 0.2) is 86.6 Å². The number of rotatable bonds is 6. The van der Waals surface area contributed by atoms with Gasteiger partial charge in [-0.15, -0.1) is 0 Å². The molecule has 1 heterocycles. The molecule has 0 unspecified atom stereocenters. The van der Waals surface area contributed by atoms with Crippen molar-refractivity contribution in [3.63, 3.8) is 0 Å². The number of hydrogen-bond acceptors (Lipinski definition) is 5. The highest BCUT2D eigenvalue weighted by molar-refractivity contribution is 8.00. The SMILES string of the molecule is COc1cccc(Sc2cccc(Sc3cccc(OC)c3)n2)c1. The Bertz CT molecular complexity index is 759. The van der Waals surface area contributed by atoms with Crippen molar-refractivity contribution in [1.29, 1.82) is 0 Å². The maximum atomic E-state index is 5.27. The first-order valence-corrected chi connectivity index (χ1v) is 9.01. The monoisotopic (exact) mass is 355 g/mol. The van der Waals surface area contributed by atoms with Gasteiger partial charge in [0.15, 0.2) is 0 Å². The molecule has 0 saturated heterocycles. The molecule has 0 radical (unpaired) electrons. The molecule has 3 nitrogen and oxygen atoms in total. The summed E-state index contributed by atoms with van der Waals surface area (Å²) in [6.07, 6.45) is 0. The molecule has 0 atom stereocenters. The van der Waals surface area contributed by atoms with Crippen LogP contribution >= 0.6 is 23.5 Å². The lowest BCUT2D eigenvalue weighted by Crippen LogP contribution is -1.86. The molecule has 0 aliphatic carbocycles. The Hall–Kier alpha value is -2.11. The summed E-state index contributed by atoms with van der Waals surface area (Å²) in [6, 6.07) is 22.0. The maximum Gasteiger partial charge on any atom is 0.119 e. The maximum absolute atomic E-state index is 5.27. The average Bonchev–Trinajstić information content (AvgIpc) is 2.62. The minimum atomic E-state index is 0.849. The molecule has 3 rings (SSSR count). The van der Waals surface area contributed by atoms with Gasteiger partial charge >= 0.3 is 0 Å². The molecule has 3 aromatic rings. The second-order valence-corrected chi connectivity index (χ2v) is 7.06. The lowest BCUT2D eigenvalue weighted by molar-refractivity contribution is 0.413. The molecular weight excluding hydrogens is 338 g/mol. The summed E-state index contributed by atoms with van der Waals surface area (Å²) < 4.78 is 10.5. The molecule has 5 heteroatoms. The Morgan fingerprint density at radius 1 is 0.667 bits per heavy atom. The highest BCUT2D eigenvalue weighted by Crippen LogP contribution is 2.33. The van der Waals surface area contributed by atoms with Crippen molar-refractivity contribution < 1.29 is 9.47 Å². The van der Waals surface area contributed by atoms with Gasteiger partial charge in [-0.05, 0) is 48.5 Å². The van der Waals surface area contributed by atoms with E-state index in [0.29, 0.717) is 0 Å². The predicted molar refractivity (Wildman–Crippen MR) is 98.5 cm³/mol. The van der Waals surface area contributed by atoms with Crippen LogP contribution < -0.4 is 9.47 Å². The summed E-state index contributed by atoms with van der Waals surface area (Å²) >= 11 is 3.24. The van der Waals surface area contributed by atoms with E-state index in [2.05, 4.69) is 12.1 Å². The lowest BCUT2D eigenvalue weighted by atomic mass is 10.3. The van der Waals surface area contributed by atoms with Crippen molar-refractivity contribution in [1.82, 2.24) is 4.98 Å². The third-order valence-corrected chi connectivity index (χ3v) is 5.08. The van der Waals surface area contributed by atoms with Crippen LogP contribution in [0.25, 0.3) is 0 Å². The van der Waals surface area contributed by atoms with Crippen molar-refractivity contribution in [2.75, 3.05) is 14.2 Å². The average molecular weight is 355 g/mol. The van der Waals surface area contributed by atoms with Gasteiger partial charge in [-0.1, -0.05) is 41.7 Å². The zero-order valence-corrected chi connectivity index (χ0v) is 15.1. The molecule has 0 fully saturated rings. The van der Waals surface area contributed by atoms with E-state index in [0.717, 1.165) is 31.3 Å². The van der Waals surface area contributed by atoms with Crippen LogP contribution in [0.1, 0.15) is 0 Å². The Morgan fingerprint density at radius 2 is 1.12 bits per heavy atom. The van der Waals surface area contributed by atoms with Gasteiger partial charge in [0.1, 0.15) is 21.6 Å². The minimum Gasteiger partial charge on any atom is -0.497 e. The van der Waals surface area contributed by atoms with Crippen LogP contribution in [-0.4, -0.2) is 19.2 Å². The van der Waals surface area contributed by atoms with Crippen LogP contribution in [0, 0.1) is 0 Å². The quantitative estimate of drug-likeness (QED) is 0.591. The summed E-state index contributed by atoms with van der Waals surface area (Å²) in [4.78, 5) is 6.92. The molecule has 122 valence electrons. The summed E-state index contributed by atoms with van der Waals surface area (Å²) in [5.74, 6) is 1.70. The van der Waals surface area contributed by atoms with E-state index in [1.54, 1.807) is 37.7 Å². The Kier molecular flexibility index (Phi) is 5.67. The topological polar surface area (TPSA) is 31.4 Å². The normalized spacial score (nSPS) is 10.4. The highest BCUT2D eigenvalue weighted by atomic mass is 32.2. The first-order valence-electron chi connectivity index (χ1n) is 7.38. The zero-order chi connectivity index (χ0) is 16.8. The van der Waals surface area contributed by atoms with Gasteiger partial charge in [-0.3, -0.25) is 0 Å².